The quantitative estimate of drug-likeness (QED) is 0.889. The molecule has 0 unspecified atom stereocenters. The Bertz CT molecular complexity index is 612. The van der Waals surface area contributed by atoms with Crippen LogP contribution in [0.15, 0.2) is 24.3 Å². The highest BCUT2D eigenvalue weighted by molar-refractivity contribution is 5.76. The first-order valence-corrected chi connectivity index (χ1v) is 9.49. The van der Waals surface area contributed by atoms with Crippen LogP contribution >= 0.6 is 0 Å². The van der Waals surface area contributed by atoms with Crippen LogP contribution in [-0.2, 0) is 15.1 Å². The number of rotatable bonds is 4. The van der Waals surface area contributed by atoms with Gasteiger partial charge in [-0.3, -0.25) is 9.69 Å². The molecule has 3 rings (SSSR count). The van der Waals surface area contributed by atoms with Crippen LogP contribution in [0.2, 0.25) is 0 Å². The molecule has 26 heavy (non-hydrogen) atoms. The van der Waals surface area contributed by atoms with Gasteiger partial charge in [0.25, 0.3) is 0 Å². The Hall–Kier alpha value is -1.50. The van der Waals surface area contributed by atoms with E-state index in [1.807, 2.05) is 4.90 Å². The van der Waals surface area contributed by atoms with Crippen LogP contribution in [0.4, 0.5) is 4.39 Å². The number of likely N-dealkylation sites (tertiary alicyclic amines) is 1. The van der Waals surface area contributed by atoms with E-state index in [2.05, 4.69) is 18.7 Å². The maximum absolute atomic E-state index is 13.1. The highest BCUT2D eigenvalue weighted by Crippen LogP contribution is 2.33. The van der Waals surface area contributed by atoms with E-state index in [1.165, 1.54) is 12.1 Å². The molecule has 2 aliphatic heterocycles. The van der Waals surface area contributed by atoms with Crippen molar-refractivity contribution in [3.05, 3.63) is 35.6 Å². The third kappa shape index (κ3) is 4.42. The van der Waals surface area contributed by atoms with Crippen molar-refractivity contribution in [1.29, 1.82) is 0 Å². The van der Waals surface area contributed by atoms with Crippen molar-refractivity contribution < 1.29 is 19.0 Å². The van der Waals surface area contributed by atoms with Gasteiger partial charge in [-0.25, -0.2) is 4.39 Å². The van der Waals surface area contributed by atoms with Gasteiger partial charge >= 0.3 is 0 Å². The van der Waals surface area contributed by atoms with E-state index < -0.39 is 5.60 Å². The minimum atomic E-state index is -0.986. The Labute approximate surface area is 154 Å². The SMILES string of the molecule is CC(C)N1CCO[C@H](CC(=O)N2CCC(O)(c3ccc(F)cc3)CC2)C1. The molecule has 2 aliphatic rings. The average molecular weight is 364 g/mol. The summed E-state index contributed by atoms with van der Waals surface area (Å²) in [5.74, 6) is -0.227. The largest absolute Gasteiger partial charge is 0.385 e. The minimum absolute atomic E-state index is 0.0587. The summed E-state index contributed by atoms with van der Waals surface area (Å²) in [5, 5.41) is 10.9. The number of benzene rings is 1. The maximum atomic E-state index is 13.1. The number of amides is 1. The topological polar surface area (TPSA) is 53.0 Å². The Morgan fingerprint density at radius 3 is 2.54 bits per heavy atom. The fraction of sp³-hybridized carbons (Fsp3) is 0.650. The normalized spacial score (nSPS) is 24.0. The second-order valence-corrected chi connectivity index (χ2v) is 7.70. The van der Waals surface area contributed by atoms with Crippen LogP contribution in [-0.4, -0.2) is 65.7 Å². The zero-order valence-corrected chi connectivity index (χ0v) is 15.7. The van der Waals surface area contributed by atoms with Gasteiger partial charge in [0, 0.05) is 32.2 Å². The molecule has 2 saturated heterocycles. The van der Waals surface area contributed by atoms with E-state index in [1.54, 1.807) is 12.1 Å². The Morgan fingerprint density at radius 1 is 1.27 bits per heavy atom. The summed E-state index contributed by atoms with van der Waals surface area (Å²) in [5.41, 5.74) is -0.269. The van der Waals surface area contributed by atoms with Crippen molar-refractivity contribution in [2.75, 3.05) is 32.8 Å². The number of halogens is 1. The fourth-order valence-corrected chi connectivity index (χ4v) is 3.83. The summed E-state index contributed by atoms with van der Waals surface area (Å²) in [6, 6.07) is 6.45. The van der Waals surface area contributed by atoms with Crippen molar-refractivity contribution in [2.45, 2.75) is 50.9 Å². The Morgan fingerprint density at radius 2 is 1.92 bits per heavy atom. The smallest absolute Gasteiger partial charge is 0.225 e. The molecular formula is C20H29FN2O3. The van der Waals surface area contributed by atoms with Crippen molar-refractivity contribution in [1.82, 2.24) is 9.80 Å². The highest BCUT2D eigenvalue weighted by atomic mass is 19.1. The molecule has 0 radical (unpaired) electrons. The summed E-state index contributed by atoms with van der Waals surface area (Å²) in [6.45, 7) is 7.70. The van der Waals surface area contributed by atoms with Gasteiger partial charge in [-0.1, -0.05) is 12.1 Å². The summed E-state index contributed by atoms with van der Waals surface area (Å²) >= 11 is 0. The van der Waals surface area contributed by atoms with Crippen molar-refractivity contribution in [3.63, 3.8) is 0 Å². The molecule has 0 bridgehead atoms. The van der Waals surface area contributed by atoms with E-state index in [0.29, 0.717) is 50.6 Å². The summed E-state index contributed by atoms with van der Waals surface area (Å²) in [7, 11) is 0. The van der Waals surface area contributed by atoms with Crippen LogP contribution in [0.3, 0.4) is 0 Å². The summed E-state index contributed by atoms with van der Waals surface area (Å²) in [4.78, 5) is 16.8. The predicted molar refractivity (Wildman–Crippen MR) is 97.2 cm³/mol. The Kier molecular flexibility index (Phi) is 5.95. The fourth-order valence-electron chi connectivity index (χ4n) is 3.83. The number of piperidine rings is 1. The van der Waals surface area contributed by atoms with E-state index in [-0.39, 0.29) is 17.8 Å². The van der Waals surface area contributed by atoms with Gasteiger partial charge in [0.2, 0.25) is 5.91 Å². The second kappa shape index (κ2) is 8.03. The van der Waals surface area contributed by atoms with Gasteiger partial charge in [0.05, 0.1) is 24.7 Å². The molecule has 1 N–H and O–H groups in total. The number of aliphatic hydroxyl groups is 1. The van der Waals surface area contributed by atoms with Crippen LogP contribution in [0.5, 0.6) is 0 Å². The predicted octanol–water partition coefficient (Wildman–Crippen LogP) is 2.13. The number of hydrogen-bond acceptors (Lipinski definition) is 4. The molecule has 2 fully saturated rings. The van der Waals surface area contributed by atoms with Crippen molar-refractivity contribution in [3.8, 4) is 0 Å². The first-order chi connectivity index (χ1) is 12.4. The van der Waals surface area contributed by atoms with Crippen LogP contribution in [0.1, 0.15) is 38.7 Å². The van der Waals surface area contributed by atoms with E-state index in [4.69, 9.17) is 4.74 Å². The zero-order valence-electron chi connectivity index (χ0n) is 15.7. The van der Waals surface area contributed by atoms with Crippen LogP contribution in [0, 0.1) is 5.82 Å². The molecule has 1 aromatic carbocycles. The highest BCUT2D eigenvalue weighted by Gasteiger charge is 2.36. The molecule has 0 aromatic heterocycles. The number of ether oxygens (including phenoxy) is 1. The maximum Gasteiger partial charge on any atom is 0.225 e. The molecule has 5 nitrogen and oxygen atoms in total. The van der Waals surface area contributed by atoms with Gasteiger partial charge in [-0.2, -0.15) is 0 Å². The van der Waals surface area contributed by atoms with E-state index >= 15 is 0 Å². The number of morpholine rings is 1. The second-order valence-electron chi connectivity index (χ2n) is 7.70. The lowest BCUT2D eigenvalue weighted by molar-refractivity contribution is -0.141. The van der Waals surface area contributed by atoms with E-state index in [9.17, 15) is 14.3 Å². The third-order valence-electron chi connectivity index (χ3n) is 5.63. The monoisotopic (exact) mass is 364 g/mol. The average Bonchev–Trinajstić information content (AvgIpc) is 2.63. The number of hydrogen-bond donors (Lipinski definition) is 1. The van der Waals surface area contributed by atoms with Gasteiger partial charge < -0.3 is 14.7 Å². The minimum Gasteiger partial charge on any atom is -0.385 e. The van der Waals surface area contributed by atoms with Gasteiger partial charge in [-0.05, 0) is 44.4 Å². The van der Waals surface area contributed by atoms with E-state index in [0.717, 1.165) is 13.1 Å². The molecule has 0 spiro atoms. The van der Waals surface area contributed by atoms with Crippen LogP contribution < -0.4 is 0 Å². The first kappa shape index (κ1) is 19.3. The third-order valence-corrected chi connectivity index (χ3v) is 5.63. The van der Waals surface area contributed by atoms with Gasteiger partial charge in [0.1, 0.15) is 5.82 Å². The van der Waals surface area contributed by atoms with Crippen LogP contribution in [0.25, 0.3) is 0 Å². The molecule has 1 aromatic rings. The molecule has 6 heteroatoms. The molecule has 144 valence electrons. The molecule has 0 aliphatic carbocycles. The zero-order chi connectivity index (χ0) is 18.7. The standard InChI is InChI=1S/C20H29FN2O3/c1-15(2)23-11-12-26-18(14-23)13-19(24)22-9-7-20(25,8-10-22)16-3-5-17(21)6-4-16/h3-6,15,18,25H,7-14H2,1-2H3/t18-/m1/s1. The lowest BCUT2D eigenvalue weighted by Gasteiger charge is -2.40. The van der Waals surface area contributed by atoms with Gasteiger partial charge in [0.15, 0.2) is 0 Å². The number of carbonyl (C=O) groups excluding carboxylic acids is 1. The summed E-state index contributed by atoms with van der Waals surface area (Å²) in [6.07, 6.45) is 1.26. The van der Waals surface area contributed by atoms with Crippen molar-refractivity contribution >= 4 is 5.91 Å². The first-order valence-electron chi connectivity index (χ1n) is 9.49. The molecule has 2 heterocycles. The lowest BCUT2D eigenvalue weighted by atomic mass is 9.84. The van der Waals surface area contributed by atoms with Crippen molar-refractivity contribution in [2.24, 2.45) is 0 Å². The lowest BCUT2D eigenvalue weighted by Crippen LogP contribution is -2.49. The van der Waals surface area contributed by atoms with Gasteiger partial charge in [-0.15, -0.1) is 0 Å². The molecule has 1 amide bonds. The molecule has 0 saturated carbocycles. The Balaban J connectivity index is 1.52. The number of nitrogens with zero attached hydrogens (tertiary/aromatic N) is 2. The summed E-state index contributed by atoms with van der Waals surface area (Å²) < 4.78 is 18.9. The number of carbonyl (C=O) groups is 1. The molecular weight excluding hydrogens is 335 g/mol. The molecule has 1 atom stereocenters.